The van der Waals surface area contributed by atoms with Crippen LogP contribution < -0.4 is 5.56 Å². The summed E-state index contributed by atoms with van der Waals surface area (Å²) in [6, 6.07) is 0. The lowest BCUT2D eigenvalue weighted by atomic mass is 10.0. The fourth-order valence-electron chi connectivity index (χ4n) is 2.91. The van der Waals surface area contributed by atoms with Crippen LogP contribution in [0.2, 0.25) is 0 Å². The van der Waals surface area contributed by atoms with Crippen LogP contribution in [-0.2, 0) is 19.4 Å². The summed E-state index contributed by atoms with van der Waals surface area (Å²) in [5, 5.41) is 0. The summed E-state index contributed by atoms with van der Waals surface area (Å²) in [6.07, 6.45) is 4.38. The summed E-state index contributed by atoms with van der Waals surface area (Å²) in [5.41, 5.74) is 2.04. The van der Waals surface area contributed by atoms with Crippen LogP contribution in [0.15, 0.2) is 4.79 Å². The van der Waals surface area contributed by atoms with E-state index in [1.807, 2.05) is 0 Å². The Morgan fingerprint density at radius 3 is 2.89 bits per heavy atom. The van der Waals surface area contributed by atoms with Crippen molar-refractivity contribution in [2.24, 2.45) is 11.8 Å². The maximum atomic E-state index is 12.1. The van der Waals surface area contributed by atoms with E-state index in [2.05, 4.69) is 23.7 Å². The average Bonchev–Trinajstić information content (AvgIpc) is 3.11. The highest BCUT2D eigenvalue weighted by atomic mass is 16.1. The van der Waals surface area contributed by atoms with Crippen LogP contribution in [0, 0.1) is 11.8 Å². The minimum absolute atomic E-state index is 0.102. The van der Waals surface area contributed by atoms with Gasteiger partial charge >= 0.3 is 0 Å². The number of hydrogen-bond donors (Lipinski definition) is 1. The maximum Gasteiger partial charge on any atom is 0.254 e. The number of aromatic amines is 1. The van der Waals surface area contributed by atoms with Crippen molar-refractivity contribution in [3.05, 3.63) is 27.4 Å². The molecule has 0 radical (unpaired) electrons. The zero-order valence-corrected chi connectivity index (χ0v) is 11.9. The lowest BCUT2D eigenvalue weighted by Crippen LogP contribution is -2.37. The number of fused-ring (bicyclic) bond motifs is 1. The van der Waals surface area contributed by atoms with Gasteiger partial charge in [0.25, 0.3) is 5.56 Å². The van der Waals surface area contributed by atoms with Gasteiger partial charge in [0.15, 0.2) is 0 Å². The molecule has 1 aromatic rings. The zero-order valence-electron chi connectivity index (χ0n) is 11.9. The predicted molar refractivity (Wildman–Crippen MR) is 75.1 cm³/mol. The first-order valence-corrected chi connectivity index (χ1v) is 7.45. The molecule has 3 rings (SSSR count). The van der Waals surface area contributed by atoms with Crippen LogP contribution in [-0.4, -0.2) is 28.0 Å². The smallest absolute Gasteiger partial charge is 0.254 e. The second kappa shape index (κ2) is 5.08. The van der Waals surface area contributed by atoms with Crippen LogP contribution in [0.3, 0.4) is 0 Å². The normalized spacial score (nSPS) is 19.7. The topological polar surface area (TPSA) is 49.0 Å². The Labute approximate surface area is 114 Å². The third-order valence-corrected chi connectivity index (χ3v) is 4.00. The van der Waals surface area contributed by atoms with Crippen LogP contribution in [0.5, 0.6) is 0 Å². The number of rotatable bonds is 4. The lowest BCUT2D eigenvalue weighted by Gasteiger charge is -2.29. The molecule has 1 aromatic heterocycles. The van der Waals surface area contributed by atoms with Crippen molar-refractivity contribution in [1.82, 2.24) is 14.9 Å². The quantitative estimate of drug-likeness (QED) is 0.898. The van der Waals surface area contributed by atoms with Crippen molar-refractivity contribution in [2.45, 2.75) is 46.1 Å². The summed E-state index contributed by atoms with van der Waals surface area (Å²) < 4.78 is 0. The molecular weight excluding hydrogens is 238 g/mol. The van der Waals surface area contributed by atoms with Gasteiger partial charge in [0, 0.05) is 31.6 Å². The van der Waals surface area contributed by atoms with Gasteiger partial charge in [-0.25, -0.2) is 4.98 Å². The van der Waals surface area contributed by atoms with E-state index >= 15 is 0 Å². The molecule has 1 saturated carbocycles. The molecule has 104 valence electrons. The Kier molecular flexibility index (Phi) is 3.44. The highest BCUT2D eigenvalue weighted by molar-refractivity contribution is 5.21. The van der Waals surface area contributed by atoms with Crippen LogP contribution in [0.1, 0.15) is 43.8 Å². The first-order chi connectivity index (χ1) is 9.11. The number of aromatic nitrogens is 2. The van der Waals surface area contributed by atoms with Crippen molar-refractivity contribution in [3.63, 3.8) is 0 Å². The Morgan fingerprint density at radius 1 is 1.42 bits per heavy atom. The molecular formula is C15H23N3O. The Hall–Kier alpha value is -1.16. The van der Waals surface area contributed by atoms with E-state index in [1.165, 1.54) is 12.8 Å². The highest BCUT2D eigenvalue weighted by Gasteiger charge is 2.25. The molecule has 0 amide bonds. The molecule has 0 spiro atoms. The molecule has 1 fully saturated rings. The summed E-state index contributed by atoms with van der Waals surface area (Å²) in [6.45, 7) is 7.39. The van der Waals surface area contributed by atoms with E-state index in [9.17, 15) is 4.79 Å². The SMILES string of the molecule is CC(C)CN1CCc2c(nc(CC3CC3)[nH]c2=O)C1. The molecule has 4 heteroatoms. The minimum atomic E-state index is 0.102. The van der Waals surface area contributed by atoms with Crippen molar-refractivity contribution < 1.29 is 0 Å². The van der Waals surface area contributed by atoms with Gasteiger partial charge in [-0.15, -0.1) is 0 Å². The molecule has 0 bridgehead atoms. The van der Waals surface area contributed by atoms with Crippen LogP contribution in [0.4, 0.5) is 0 Å². The molecule has 2 aliphatic rings. The van der Waals surface area contributed by atoms with Gasteiger partial charge in [-0.3, -0.25) is 9.69 Å². The first kappa shape index (κ1) is 12.9. The first-order valence-electron chi connectivity index (χ1n) is 7.45. The molecule has 2 heterocycles. The summed E-state index contributed by atoms with van der Waals surface area (Å²) in [5.74, 6) is 2.32. The van der Waals surface area contributed by atoms with Gasteiger partial charge in [0.1, 0.15) is 5.82 Å². The highest BCUT2D eigenvalue weighted by Crippen LogP contribution is 2.31. The van der Waals surface area contributed by atoms with Gasteiger partial charge < -0.3 is 4.98 Å². The van der Waals surface area contributed by atoms with E-state index in [0.29, 0.717) is 5.92 Å². The Bertz CT molecular complexity index is 517. The third-order valence-electron chi connectivity index (χ3n) is 4.00. The van der Waals surface area contributed by atoms with Gasteiger partial charge in [0.2, 0.25) is 0 Å². The van der Waals surface area contributed by atoms with Crippen LogP contribution >= 0.6 is 0 Å². The van der Waals surface area contributed by atoms with Crippen molar-refractivity contribution in [1.29, 1.82) is 0 Å². The third kappa shape index (κ3) is 3.06. The van der Waals surface area contributed by atoms with E-state index in [-0.39, 0.29) is 5.56 Å². The van der Waals surface area contributed by atoms with E-state index in [1.54, 1.807) is 0 Å². The molecule has 0 aromatic carbocycles. The number of nitrogens with one attached hydrogen (secondary N) is 1. The standard InChI is InChI=1S/C15H23N3O/c1-10(2)8-18-6-5-12-13(9-18)16-14(17-15(12)19)7-11-3-4-11/h10-11H,3-9H2,1-2H3,(H,16,17,19). The molecule has 0 atom stereocenters. The van der Waals surface area contributed by atoms with Crippen molar-refractivity contribution in [2.75, 3.05) is 13.1 Å². The number of hydrogen-bond acceptors (Lipinski definition) is 3. The predicted octanol–water partition coefficient (Wildman–Crippen LogP) is 1.74. The molecule has 0 saturated heterocycles. The Balaban J connectivity index is 1.80. The second-order valence-electron chi connectivity index (χ2n) is 6.46. The summed E-state index contributed by atoms with van der Waals surface area (Å²) >= 11 is 0. The zero-order chi connectivity index (χ0) is 13.4. The van der Waals surface area contributed by atoms with Gasteiger partial charge in [-0.2, -0.15) is 0 Å². The molecule has 1 aliphatic heterocycles. The minimum Gasteiger partial charge on any atom is -0.310 e. The van der Waals surface area contributed by atoms with Crippen molar-refractivity contribution >= 4 is 0 Å². The molecule has 1 N–H and O–H groups in total. The number of nitrogens with zero attached hydrogens (tertiary/aromatic N) is 2. The maximum absolute atomic E-state index is 12.1. The van der Waals surface area contributed by atoms with Gasteiger partial charge in [-0.05, 0) is 31.1 Å². The van der Waals surface area contributed by atoms with Crippen molar-refractivity contribution in [3.8, 4) is 0 Å². The largest absolute Gasteiger partial charge is 0.310 e. The van der Waals surface area contributed by atoms with Crippen LogP contribution in [0.25, 0.3) is 0 Å². The van der Waals surface area contributed by atoms with E-state index in [4.69, 9.17) is 4.98 Å². The molecule has 4 nitrogen and oxygen atoms in total. The lowest BCUT2D eigenvalue weighted by molar-refractivity contribution is 0.222. The second-order valence-corrected chi connectivity index (χ2v) is 6.46. The molecule has 19 heavy (non-hydrogen) atoms. The average molecular weight is 261 g/mol. The number of H-pyrrole nitrogens is 1. The van der Waals surface area contributed by atoms with Gasteiger partial charge in [0.05, 0.1) is 5.69 Å². The van der Waals surface area contributed by atoms with E-state index in [0.717, 1.165) is 55.5 Å². The Morgan fingerprint density at radius 2 is 2.21 bits per heavy atom. The molecule has 0 unspecified atom stereocenters. The van der Waals surface area contributed by atoms with Gasteiger partial charge in [-0.1, -0.05) is 13.8 Å². The summed E-state index contributed by atoms with van der Waals surface area (Å²) in [4.78, 5) is 22.2. The summed E-state index contributed by atoms with van der Waals surface area (Å²) in [7, 11) is 0. The molecule has 1 aliphatic carbocycles. The fourth-order valence-corrected chi connectivity index (χ4v) is 2.91. The monoisotopic (exact) mass is 261 g/mol. The fraction of sp³-hybridized carbons (Fsp3) is 0.733. The van der Waals surface area contributed by atoms with E-state index < -0.39 is 0 Å².